The van der Waals surface area contributed by atoms with E-state index in [1.54, 1.807) is 6.20 Å². The van der Waals surface area contributed by atoms with Crippen molar-refractivity contribution in [1.29, 1.82) is 0 Å². The van der Waals surface area contributed by atoms with Gasteiger partial charge in [0.05, 0.1) is 6.20 Å². The molecule has 106 valence electrons. The Balaban J connectivity index is 1.94. The smallest absolute Gasteiger partial charge is 0.316 e. The number of carbonyl (C=O) groups is 1. The van der Waals surface area contributed by atoms with Crippen molar-refractivity contribution in [3.05, 3.63) is 53.9 Å². The van der Waals surface area contributed by atoms with E-state index in [-0.39, 0.29) is 0 Å². The second-order valence-corrected chi connectivity index (χ2v) is 5.72. The Kier molecular flexibility index (Phi) is 5.24. The van der Waals surface area contributed by atoms with Crippen molar-refractivity contribution in [2.24, 2.45) is 0 Å². The minimum atomic E-state index is -0.762. The topological polar surface area (TPSA) is 55.1 Å². The van der Waals surface area contributed by atoms with Crippen LogP contribution in [0, 0.1) is 0 Å². The first-order chi connectivity index (χ1) is 9.69. The van der Waals surface area contributed by atoms with Crippen molar-refractivity contribution in [3.8, 4) is 0 Å². The van der Waals surface area contributed by atoms with Crippen LogP contribution in [0.5, 0.6) is 0 Å². The van der Waals surface area contributed by atoms with E-state index in [0.29, 0.717) is 12.2 Å². The van der Waals surface area contributed by atoms with E-state index in [2.05, 4.69) is 5.10 Å². The van der Waals surface area contributed by atoms with Crippen molar-refractivity contribution in [2.45, 2.75) is 30.9 Å². The molecule has 1 aromatic carbocycles. The maximum Gasteiger partial charge on any atom is 0.316 e. The van der Waals surface area contributed by atoms with Gasteiger partial charge in [0, 0.05) is 18.5 Å². The standard InChI is InChI=1S/C15H18N2O2S/c1-2-17-10-13(9-16-17)11-20-14(15(18)19)8-12-6-4-3-5-7-12/h3-7,9-10,14H,2,8,11H2,1H3,(H,18,19). The van der Waals surface area contributed by atoms with E-state index < -0.39 is 11.2 Å². The molecule has 0 aliphatic heterocycles. The average Bonchev–Trinajstić information content (AvgIpc) is 2.92. The van der Waals surface area contributed by atoms with Crippen LogP contribution in [0.2, 0.25) is 0 Å². The number of aromatic nitrogens is 2. The Morgan fingerprint density at radius 1 is 1.35 bits per heavy atom. The fraction of sp³-hybridized carbons (Fsp3) is 0.333. The number of nitrogens with zero attached hydrogens (tertiary/aromatic N) is 2. The summed E-state index contributed by atoms with van der Waals surface area (Å²) in [7, 11) is 0. The number of aryl methyl sites for hydroxylation is 1. The molecule has 1 unspecified atom stereocenters. The molecule has 5 heteroatoms. The zero-order chi connectivity index (χ0) is 14.4. The number of carboxylic acids is 1. The van der Waals surface area contributed by atoms with E-state index in [0.717, 1.165) is 17.7 Å². The fourth-order valence-electron chi connectivity index (χ4n) is 1.90. The number of rotatable bonds is 7. The van der Waals surface area contributed by atoms with Gasteiger partial charge in [-0.1, -0.05) is 30.3 Å². The highest BCUT2D eigenvalue weighted by molar-refractivity contribution is 7.99. The van der Waals surface area contributed by atoms with E-state index in [4.69, 9.17) is 0 Å². The third kappa shape index (κ3) is 4.13. The summed E-state index contributed by atoms with van der Waals surface area (Å²) in [4.78, 5) is 11.3. The van der Waals surface area contributed by atoms with Crippen LogP contribution in [0.1, 0.15) is 18.1 Å². The molecule has 2 rings (SSSR count). The second-order valence-electron chi connectivity index (χ2n) is 4.53. The summed E-state index contributed by atoms with van der Waals surface area (Å²) in [5.74, 6) is -0.0918. The Morgan fingerprint density at radius 3 is 2.70 bits per heavy atom. The molecule has 1 heterocycles. The van der Waals surface area contributed by atoms with Gasteiger partial charge in [-0.3, -0.25) is 9.48 Å². The molecule has 0 radical (unpaired) electrons. The van der Waals surface area contributed by atoms with Crippen molar-refractivity contribution < 1.29 is 9.90 Å². The first kappa shape index (κ1) is 14.7. The zero-order valence-corrected chi connectivity index (χ0v) is 12.2. The third-order valence-corrected chi connectivity index (χ3v) is 4.27. The van der Waals surface area contributed by atoms with Crippen LogP contribution in [0.25, 0.3) is 0 Å². The van der Waals surface area contributed by atoms with Crippen molar-refractivity contribution in [2.75, 3.05) is 0 Å². The highest BCUT2D eigenvalue weighted by Crippen LogP contribution is 2.21. The molecule has 2 aromatic rings. The van der Waals surface area contributed by atoms with Gasteiger partial charge in [0.15, 0.2) is 0 Å². The molecule has 0 amide bonds. The molecule has 1 atom stereocenters. The number of aliphatic carboxylic acids is 1. The van der Waals surface area contributed by atoms with Gasteiger partial charge < -0.3 is 5.11 Å². The van der Waals surface area contributed by atoms with Crippen molar-refractivity contribution in [3.63, 3.8) is 0 Å². The normalized spacial score (nSPS) is 12.2. The summed E-state index contributed by atoms with van der Waals surface area (Å²) >= 11 is 1.45. The summed E-state index contributed by atoms with van der Waals surface area (Å²) in [5, 5.41) is 13.1. The van der Waals surface area contributed by atoms with Crippen LogP contribution >= 0.6 is 11.8 Å². The summed E-state index contributed by atoms with van der Waals surface area (Å²) < 4.78 is 1.85. The number of benzene rings is 1. The van der Waals surface area contributed by atoms with Crippen LogP contribution in [0.4, 0.5) is 0 Å². The van der Waals surface area contributed by atoms with Gasteiger partial charge in [0.1, 0.15) is 5.25 Å². The maximum atomic E-state index is 11.3. The Hall–Kier alpha value is -1.75. The molecule has 1 aromatic heterocycles. The van der Waals surface area contributed by atoms with Gasteiger partial charge in [-0.2, -0.15) is 5.10 Å². The minimum Gasteiger partial charge on any atom is -0.480 e. The summed E-state index contributed by atoms with van der Waals surface area (Å²) in [6, 6.07) is 9.73. The van der Waals surface area contributed by atoms with E-state index in [1.807, 2.05) is 48.1 Å². The molecular weight excluding hydrogens is 272 g/mol. The van der Waals surface area contributed by atoms with E-state index in [9.17, 15) is 9.90 Å². The zero-order valence-electron chi connectivity index (χ0n) is 11.4. The largest absolute Gasteiger partial charge is 0.480 e. The van der Waals surface area contributed by atoms with E-state index >= 15 is 0 Å². The predicted molar refractivity (Wildman–Crippen MR) is 80.8 cm³/mol. The molecule has 4 nitrogen and oxygen atoms in total. The van der Waals surface area contributed by atoms with Gasteiger partial charge in [-0.05, 0) is 24.5 Å². The third-order valence-electron chi connectivity index (χ3n) is 3.00. The highest BCUT2D eigenvalue weighted by Gasteiger charge is 2.18. The lowest BCUT2D eigenvalue weighted by Crippen LogP contribution is -2.19. The SMILES string of the molecule is CCn1cc(CSC(Cc2ccccc2)C(=O)O)cn1. The molecule has 1 N–H and O–H groups in total. The van der Waals surface area contributed by atoms with Gasteiger partial charge >= 0.3 is 5.97 Å². The maximum absolute atomic E-state index is 11.3. The lowest BCUT2D eigenvalue weighted by molar-refractivity contribution is -0.136. The van der Waals surface area contributed by atoms with Crippen molar-refractivity contribution >= 4 is 17.7 Å². The quantitative estimate of drug-likeness (QED) is 0.852. The fourth-order valence-corrected chi connectivity index (χ4v) is 2.89. The van der Waals surface area contributed by atoms with Crippen LogP contribution < -0.4 is 0 Å². The summed E-state index contributed by atoms with van der Waals surface area (Å²) in [5.41, 5.74) is 2.12. The first-order valence-corrected chi connectivity index (χ1v) is 7.63. The lowest BCUT2D eigenvalue weighted by atomic mass is 10.1. The number of hydrogen-bond donors (Lipinski definition) is 1. The highest BCUT2D eigenvalue weighted by atomic mass is 32.2. The molecule has 0 aliphatic carbocycles. The minimum absolute atomic E-state index is 0.428. The number of carboxylic acid groups (broad SMARTS) is 1. The van der Waals surface area contributed by atoms with E-state index in [1.165, 1.54) is 11.8 Å². The molecule has 0 aliphatic rings. The lowest BCUT2D eigenvalue weighted by Gasteiger charge is -2.11. The molecule has 0 saturated heterocycles. The van der Waals surface area contributed by atoms with Crippen LogP contribution in [-0.2, 0) is 23.5 Å². The summed E-state index contributed by atoms with van der Waals surface area (Å²) in [6.07, 6.45) is 4.31. The Bertz CT molecular complexity index is 554. The monoisotopic (exact) mass is 290 g/mol. The Morgan fingerprint density at radius 2 is 2.10 bits per heavy atom. The van der Waals surface area contributed by atoms with Crippen LogP contribution in [0.15, 0.2) is 42.7 Å². The van der Waals surface area contributed by atoms with Crippen LogP contribution in [0.3, 0.4) is 0 Å². The van der Waals surface area contributed by atoms with Gasteiger partial charge in [0.25, 0.3) is 0 Å². The number of hydrogen-bond acceptors (Lipinski definition) is 3. The van der Waals surface area contributed by atoms with Crippen molar-refractivity contribution in [1.82, 2.24) is 9.78 Å². The van der Waals surface area contributed by atoms with Gasteiger partial charge in [-0.25, -0.2) is 0 Å². The summed E-state index contributed by atoms with van der Waals surface area (Å²) in [6.45, 7) is 2.86. The predicted octanol–water partition coefficient (Wildman–Crippen LogP) is 2.83. The molecule has 0 spiro atoms. The molecule has 20 heavy (non-hydrogen) atoms. The molecular formula is C15H18N2O2S. The van der Waals surface area contributed by atoms with Crippen LogP contribution in [-0.4, -0.2) is 26.1 Å². The molecule has 0 saturated carbocycles. The number of thioether (sulfide) groups is 1. The van der Waals surface area contributed by atoms with Gasteiger partial charge in [-0.15, -0.1) is 11.8 Å². The average molecular weight is 290 g/mol. The Labute approximate surface area is 122 Å². The second kappa shape index (κ2) is 7.14. The molecule has 0 bridgehead atoms. The van der Waals surface area contributed by atoms with Gasteiger partial charge in [0.2, 0.25) is 0 Å². The molecule has 0 fully saturated rings. The first-order valence-electron chi connectivity index (χ1n) is 6.58.